The lowest BCUT2D eigenvalue weighted by Gasteiger charge is -2.18. The van der Waals surface area contributed by atoms with Crippen LogP contribution in [0.25, 0.3) is 0 Å². The minimum Gasteiger partial charge on any atom is -0.435 e. The molecule has 19 heavy (non-hydrogen) atoms. The first-order chi connectivity index (χ1) is 9.06. The number of nitrogens with one attached hydrogen (secondary N) is 1. The van der Waals surface area contributed by atoms with Crippen LogP contribution in [0.5, 0.6) is 5.75 Å². The van der Waals surface area contributed by atoms with E-state index in [0.29, 0.717) is 5.92 Å². The SMILES string of the molecule is CC(NCC(C)C1CC1)c1cccc(OC(F)F)c1. The minimum absolute atomic E-state index is 0.141. The Kier molecular flexibility index (Phi) is 4.75. The molecule has 1 fully saturated rings. The Morgan fingerprint density at radius 1 is 1.32 bits per heavy atom. The maximum atomic E-state index is 12.2. The normalized spacial score (nSPS) is 18.4. The fourth-order valence-electron chi connectivity index (χ4n) is 2.27. The Morgan fingerprint density at radius 2 is 2.05 bits per heavy atom. The lowest BCUT2D eigenvalue weighted by molar-refractivity contribution is -0.0499. The number of ether oxygens (including phenoxy) is 1. The summed E-state index contributed by atoms with van der Waals surface area (Å²) in [6.45, 7) is 2.49. The number of rotatable bonds is 7. The monoisotopic (exact) mass is 269 g/mol. The number of alkyl halides is 2. The molecule has 2 unspecified atom stereocenters. The van der Waals surface area contributed by atoms with Crippen molar-refractivity contribution >= 4 is 0 Å². The lowest BCUT2D eigenvalue weighted by Crippen LogP contribution is -2.25. The van der Waals surface area contributed by atoms with Crippen molar-refractivity contribution in [3.8, 4) is 5.75 Å². The van der Waals surface area contributed by atoms with Crippen molar-refractivity contribution in [3.05, 3.63) is 29.8 Å². The highest BCUT2D eigenvalue weighted by Gasteiger charge is 2.27. The molecule has 0 amide bonds. The van der Waals surface area contributed by atoms with Gasteiger partial charge in [-0.15, -0.1) is 0 Å². The largest absolute Gasteiger partial charge is 0.435 e. The van der Waals surface area contributed by atoms with Crippen LogP contribution in [0.1, 0.15) is 38.3 Å². The molecular weight excluding hydrogens is 248 g/mol. The summed E-state index contributed by atoms with van der Waals surface area (Å²) in [6, 6.07) is 7.04. The summed E-state index contributed by atoms with van der Waals surface area (Å²) in [4.78, 5) is 0. The Bertz CT molecular complexity index is 407. The lowest BCUT2D eigenvalue weighted by atomic mass is 10.0. The third-order valence-electron chi connectivity index (χ3n) is 3.76. The minimum atomic E-state index is -2.77. The average molecular weight is 269 g/mol. The molecule has 4 heteroatoms. The highest BCUT2D eigenvalue weighted by molar-refractivity contribution is 5.30. The van der Waals surface area contributed by atoms with Gasteiger partial charge in [-0.3, -0.25) is 0 Å². The number of hydrogen-bond donors (Lipinski definition) is 1. The Morgan fingerprint density at radius 3 is 2.68 bits per heavy atom. The summed E-state index contributed by atoms with van der Waals surface area (Å²) in [5, 5.41) is 3.46. The van der Waals surface area contributed by atoms with Crippen LogP contribution in [0.3, 0.4) is 0 Å². The molecule has 0 aliphatic heterocycles. The third-order valence-corrected chi connectivity index (χ3v) is 3.76. The Balaban J connectivity index is 1.88. The van der Waals surface area contributed by atoms with Crippen LogP contribution < -0.4 is 10.1 Å². The molecule has 2 atom stereocenters. The van der Waals surface area contributed by atoms with Gasteiger partial charge in [-0.1, -0.05) is 19.1 Å². The summed E-state index contributed by atoms with van der Waals surface area (Å²) in [5.41, 5.74) is 0.973. The third kappa shape index (κ3) is 4.46. The van der Waals surface area contributed by atoms with E-state index >= 15 is 0 Å². The summed E-state index contributed by atoms with van der Waals surface area (Å²) in [5.74, 6) is 1.77. The van der Waals surface area contributed by atoms with E-state index in [-0.39, 0.29) is 11.8 Å². The highest BCUT2D eigenvalue weighted by Crippen LogP contribution is 2.36. The molecule has 1 saturated carbocycles. The van der Waals surface area contributed by atoms with Gasteiger partial charge in [0.1, 0.15) is 5.75 Å². The van der Waals surface area contributed by atoms with Gasteiger partial charge in [-0.05, 0) is 55.8 Å². The van der Waals surface area contributed by atoms with Crippen molar-refractivity contribution in [2.24, 2.45) is 11.8 Å². The average Bonchev–Trinajstić information content (AvgIpc) is 3.19. The summed E-state index contributed by atoms with van der Waals surface area (Å²) in [6.07, 6.45) is 2.68. The fourth-order valence-corrected chi connectivity index (χ4v) is 2.27. The van der Waals surface area contributed by atoms with Gasteiger partial charge in [0.2, 0.25) is 0 Å². The van der Waals surface area contributed by atoms with Crippen LogP contribution in [0, 0.1) is 11.8 Å². The number of halogens is 2. The quantitative estimate of drug-likeness (QED) is 0.808. The van der Waals surface area contributed by atoms with Crippen LogP contribution in [-0.2, 0) is 0 Å². The van der Waals surface area contributed by atoms with Crippen molar-refractivity contribution in [2.75, 3.05) is 6.54 Å². The van der Waals surface area contributed by atoms with Crippen molar-refractivity contribution in [1.82, 2.24) is 5.32 Å². The van der Waals surface area contributed by atoms with Gasteiger partial charge in [0.15, 0.2) is 0 Å². The molecule has 1 aliphatic carbocycles. The molecule has 0 spiro atoms. The van der Waals surface area contributed by atoms with E-state index in [1.807, 2.05) is 13.0 Å². The number of hydrogen-bond acceptors (Lipinski definition) is 2. The maximum absolute atomic E-state index is 12.2. The van der Waals surface area contributed by atoms with Crippen molar-refractivity contribution in [1.29, 1.82) is 0 Å². The van der Waals surface area contributed by atoms with Crippen LogP contribution in [-0.4, -0.2) is 13.2 Å². The van der Waals surface area contributed by atoms with Gasteiger partial charge in [0.25, 0.3) is 0 Å². The fraction of sp³-hybridized carbons (Fsp3) is 0.600. The molecule has 1 aromatic carbocycles. The molecule has 2 nitrogen and oxygen atoms in total. The zero-order valence-corrected chi connectivity index (χ0v) is 11.4. The molecule has 1 N–H and O–H groups in total. The second kappa shape index (κ2) is 6.33. The smallest absolute Gasteiger partial charge is 0.387 e. The van der Waals surface area contributed by atoms with Gasteiger partial charge in [0.05, 0.1) is 0 Å². The second-order valence-electron chi connectivity index (χ2n) is 5.40. The second-order valence-corrected chi connectivity index (χ2v) is 5.40. The van der Waals surface area contributed by atoms with E-state index in [9.17, 15) is 8.78 Å². The Hall–Kier alpha value is -1.16. The molecule has 106 valence electrons. The van der Waals surface area contributed by atoms with Crippen LogP contribution in [0.4, 0.5) is 8.78 Å². The molecule has 0 aromatic heterocycles. The van der Waals surface area contributed by atoms with E-state index in [1.54, 1.807) is 18.2 Å². The zero-order chi connectivity index (χ0) is 13.8. The van der Waals surface area contributed by atoms with Crippen molar-refractivity contribution in [2.45, 2.75) is 39.3 Å². The van der Waals surface area contributed by atoms with Gasteiger partial charge in [-0.2, -0.15) is 8.78 Å². The first-order valence-corrected chi connectivity index (χ1v) is 6.84. The van der Waals surface area contributed by atoms with Crippen LogP contribution >= 0.6 is 0 Å². The predicted octanol–water partition coefficient (Wildman–Crippen LogP) is 3.98. The molecule has 0 heterocycles. The first kappa shape index (κ1) is 14.3. The molecule has 2 rings (SSSR count). The van der Waals surface area contributed by atoms with E-state index in [0.717, 1.165) is 18.0 Å². The standard InChI is InChI=1S/C15H21F2NO/c1-10(12-6-7-12)9-18-11(2)13-4-3-5-14(8-13)19-15(16)17/h3-5,8,10-12,15,18H,6-7,9H2,1-2H3. The molecular formula is C15H21F2NO. The summed E-state index contributed by atoms with van der Waals surface area (Å²) in [7, 11) is 0. The van der Waals surface area contributed by atoms with Gasteiger partial charge < -0.3 is 10.1 Å². The first-order valence-electron chi connectivity index (χ1n) is 6.84. The molecule has 0 radical (unpaired) electrons. The van der Waals surface area contributed by atoms with Gasteiger partial charge >= 0.3 is 6.61 Å². The zero-order valence-electron chi connectivity index (χ0n) is 11.4. The van der Waals surface area contributed by atoms with E-state index < -0.39 is 6.61 Å². The molecule has 0 bridgehead atoms. The van der Waals surface area contributed by atoms with Gasteiger partial charge in [-0.25, -0.2) is 0 Å². The molecule has 0 saturated heterocycles. The van der Waals surface area contributed by atoms with Crippen molar-refractivity contribution < 1.29 is 13.5 Å². The van der Waals surface area contributed by atoms with Crippen molar-refractivity contribution in [3.63, 3.8) is 0 Å². The van der Waals surface area contributed by atoms with Gasteiger partial charge in [0, 0.05) is 6.04 Å². The highest BCUT2D eigenvalue weighted by atomic mass is 19.3. The van der Waals surface area contributed by atoms with Crippen LogP contribution in [0.2, 0.25) is 0 Å². The molecule has 1 aromatic rings. The van der Waals surface area contributed by atoms with E-state index in [2.05, 4.69) is 17.0 Å². The van der Waals surface area contributed by atoms with E-state index in [1.165, 1.54) is 12.8 Å². The Labute approximate surface area is 113 Å². The van der Waals surface area contributed by atoms with E-state index in [4.69, 9.17) is 0 Å². The maximum Gasteiger partial charge on any atom is 0.387 e. The molecule has 1 aliphatic rings. The predicted molar refractivity (Wildman–Crippen MR) is 71.4 cm³/mol. The summed E-state index contributed by atoms with van der Waals surface area (Å²) < 4.78 is 28.7. The topological polar surface area (TPSA) is 21.3 Å². The number of benzene rings is 1. The summed E-state index contributed by atoms with van der Waals surface area (Å²) >= 11 is 0. The van der Waals surface area contributed by atoms with Crippen LogP contribution in [0.15, 0.2) is 24.3 Å².